The zero-order valence-corrected chi connectivity index (χ0v) is 18.4. The Kier molecular flexibility index (Phi) is 6.28. The summed E-state index contributed by atoms with van der Waals surface area (Å²) in [7, 11) is 1.77. The van der Waals surface area contributed by atoms with E-state index in [1.807, 2.05) is 55.5 Å². The van der Waals surface area contributed by atoms with Crippen LogP contribution in [0.15, 0.2) is 52.3 Å². The Morgan fingerprint density at radius 1 is 1.07 bits per heavy atom. The van der Waals surface area contributed by atoms with Gasteiger partial charge in [-0.15, -0.1) is 0 Å². The van der Waals surface area contributed by atoms with Gasteiger partial charge in [0.1, 0.15) is 0 Å². The highest BCUT2D eigenvalue weighted by molar-refractivity contribution is 8.04. The summed E-state index contributed by atoms with van der Waals surface area (Å²) in [6.07, 6.45) is 8.91. The maximum atomic E-state index is 12.9. The van der Waals surface area contributed by atoms with Crippen LogP contribution >= 0.6 is 11.8 Å². The highest BCUT2D eigenvalue weighted by atomic mass is 32.2. The molecule has 1 heterocycles. The SMILES string of the molecule is Cc1ccc(C=C2Sc3ccc(C(=O)NC4CCCCCC4)cc3N(C)C2=O)cc1. The number of benzene rings is 2. The predicted molar refractivity (Wildman–Crippen MR) is 124 cm³/mol. The quantitative estimate of drug-likeness (QED) is 0.523. The van der Waals surface area contributed by atoms with Crippen molar-refractivity contribution in [1.29, 1.82) is 0 Å². The number of fused-ring (bicyclic) bond motifs is 1. The van der Waals surface area contributed by atoms with Gasteiger partial charge in [0, 0.05) is 23.5 Å². The number of rotatable bonds is 3. The molecule has 4 rings (SSSR count). The van der Waals surface area contributed by atoms with Crippen LogP contribution in [0.25, 0.3) is 6.08 Å². The van der Waals surface area contributed by atoms with Gasteiger partial charge in [-0.05, 0) is 49.6 Å². The van der Waals surface area contributed by atoms with Crippen molar-refractivity contribution in [3.63, 3.8) is 0 Å². The number of hydrogen-bond donors (Lipinski definition) is 1. The van der Waals surface area contributed by atoms with Crippen LogP contribution in [0.4, 0.5) is 5.69 Å². The van der Waals surface area contributed by atoms with Crippen molar-refractivity contribution in [3.8, 4) is 0 Å². The van der Waals surface area contributed by atoms with Crippen molar-refractivity contribution in [2.24, 2.45) is 0 Å². The Hall–Kier alpha value is -2.53. The Morgan fingerprint density at radius 2 is 1.77 bits per heavy atom. The summed E-state index contributed by atoms with van der Waals surface area (Å²) < 4.78 is 0. The Balaban J connectivity index is 1.53. The minimum Gasteiger partial charge on any atom is -0.349 e. The monoisotopic (exact) mass is 420 g/mol. The minimum atomic E-state index is -0.0469. The average Bonchev–Trinajstić information content (AvgIpc) is 3.02. The number of carbonyl (C=O) groups is 2. The van der Waals surface area contributed by atoms with E-state index in [2.05, 4.69) is 5.32 Å². The van der Waals surface area contributed by atoms with Gasteiger partial charge in [0.25, 0.3) is 11.8 Å². The van der Waals surface area contributed by atoms with Gasteiger partial charge in [-0.2, -0.15) is 0 Å². The van der Waals surface area contributed by atoms with Crippen LogP contribution in [0.2, 0.25) is 0 Å². The molecule has 1 saturated carbocycles. The number of aryl methyl sites for hydroxylation is 1. The van der Waals surface area contributed by atoms with Gasteiger partial charge in [-0.25, -0.2) is 0 Å². The van der Waals surface area contributed by atoms with Crippen LogP contribution in [-0.4, -0.2) is 24.9 Å². The highest BCUT2D eigenvalue weighted by Crippen LogP contribution is 2.42. The third kappa shape index (κ3) is 4.62. The lowest BCUT2D eigenvalue weighted by Gasteiger charge is -2.27. The molecular formula is C25H28N2O2S. The number of likely N-dealkylation sites (N-methyl/N-ethyl adjacent to an activating group) is 1. The maximum Gasteiger partial charge on any atom is 0.264 e. The fraction of sp³-hybridized carbons (Fsp3) is 0.360. The molecule has 0 atom stereocenters. The van der Waals surface area contributed by atoms with Crippen molar-refractivity contribution in [2.45, 2.75) is 56.4 Å². The Morgan fingerprint density at radius 3 is 2.47 bits per heavy atom. The molecule has 4 nitrogen and oxygen atoms in total. The fourth-order valence-corrected chi connectivity index (χ4v) is 5.13. The van der Waals surface area contributed by atoms with E-state index in [4.69, 9.17) is 0 Å². The largest absolute Gasteiger partial charge is 0.349 e. The van der Waals surface area contributed by atoms with Crippen molar-refractivity contribution in [2.75, 3.05) is 11.9 Å². The molecule has 30 heavy (non-hydrogen) atoms. The number of anilines is 1. The molecule has 5 heteroatoms. The lowest BCUT2D eigenvalue weighted by molar-refractivity contribution is -0.114. The number of hydrogen-bond acceptors (Lipinski definition) is 3. The van der Waals surface area contributed by atoms with E-state index in [1.165, 1.54) is 43.0 Å². The molecule has 2 aromatic carbocycles. The minimum absolute atomic E-state index is 0.0449. The highest BCUT2D eigenvalue weighted by Gasteiger charge is 2.27. The van der Waals surface area contributed by atoms with Gasteiger partial charge in [0.15, 0.2) is 0 Å². The first-order valence-electron chi connectivity index (χ1n) is 10.7. The van der Waals surface area contributed by atoms with Gasteiger partial charge in [0.2, 0.25) is 0 Å². The van der Waals surface area contributed by atoms with E-state index >= 15 is 0 Å². The van der Waals surface area contributed by atoms with E-state index in [9.17, 15) is 9.59 Å². The molecule has 0 aromatic heterocycles. The second-order valence-corrected chi connectivity index (χ2v) is 9.31. The molecule has 0 unspecified atom stereocenters. The van der Waals surface area contributed by atoms with Gasteiger partial charge in [-0.1, -0.05) is 67.3 Å². The summed E-state index contributed by atoms with van der Waals surface area (Å²) in [5.41, 5.74) is 3.60. The van der Waals surface area contributed by atoms with Crippen LogP contribution in [-0.2, 0) is 4.79 Å². The molecule has 1 N–H and O–H groups in total. The molecule has 0 bridgehead atoms. The Bertz CT molecular complexity index is 973. The number of nitrogens with zero attached hydrogens (tertiary/aromatic N) is 1. The van der Waals surface area contributed by atoms with Crippen molar-refractivity contribution >= 4 is 35.3 Å². The molecule has 2 aliphatic rings. The van der Waals surface area contributed by atoms with Crippen LogP contribution in [0.5, 0.6) is 0 Å². The lowest BCUT2D eigenvalue weighted by atomic mass is 10.1. The number of thioether (sulfide) groups is 1. The summed E-state index contributed by atoms with van der Waals surface area (Å²) in [4.78, 5) is 29.1. The summed E-state index contributed by atoms with van der Waals surface area (Å²) in [5.74, 6) is -0.0917. The summed E-state index contributed by atoms with van der Waals surface area (Å²) in [6.45, 7) is 2.05. The number of carbonyl (C=O) groups excluding carboxylic acids is 2. The summed E-state index contributed by atoms with van der Waals surface area (Å²) in [5, 5.41) is 3.19. The summed E-state index contributed by atoms with van der Waals surface area (Å²) >= 11 is 1.46. The number of nitrogens with one attached hydrogen (secondary N) is 1. The maximum absolute atomic E-state index is 12.9. The molecule has 2 amide bonds. The lowest BCUT2D eigenvalue weighted by Crippen LogP contribution is -2.35. The van der Waals surface area contributed by atoms with Crippen LogP contribution < -0.4 is 10.2 Å². The van der Waals surface area contributed by atoms with Gasteiger partial charge in [-0.3, -0.25) is 9.59 Å². The first-order valence-corrected chi connectivity index (χ1v) is 11.5. The van der Waals surface area contributed by atoms with E-state index in [0.717, 1.165) is 29.0 Å². The van der Waals surface area contributed by atoms with Gasteiger partial charge in [0.05, 0.1) is 10.6 Å². The molecule has 0 saturated heterocycles. The third-order valence-electron chi connectivity index (χ3n) is 5.88. The van der Waals surface area contributed by atoms with Gasteiger partial charge >= 0.3 is 0 Å². The molecular weight excluding hydrogens is 392 g/mol. The van der Waals surface area contributed by atoms with Crippen LogP contribution in [0.1, 0.15) is 60.0 Å². The van der Waals surface area contributed by atoms with E-state index in [1.54, 1.807) is 11.9 Å². The molecule has 156 valence electrons. The molecule has 1 aliphatic heterocycles. The first-order chi connectivity index (χ1) is 14.5. The van der Waals surface area contributed by atoms with E-state index in [-0.39, 0.29) is 17.9 Å². The zero-order valence-electron chi connectivity index (χ0n) is 17.6. The molecule has 1 aliphatic carbocycles. The van der Waals surface area contributed by atoms with Gasteiger partial charge < -0.3 is 10.2 Å². The van der Waals surface area contributed by atoms with Crippen molar-refractivity contribution < 1.29 is 9.59 Å². The molecule has 0 radical (unpaired) electrons. The number of amides is 2. The second-order valence-electron chi connectivity index (χ2n) is 8.23. The standard InChI is InChI=1S/C25H28N2O2S/c1-17-9-11-18(12-10-17)15-23-25(29)27(2)21-16-19(13-14-22(21)30-23)24(28)26-20-7-5-3-4-6-8-20/h9-16,20H,3-8H2,1-2H3,(H,26,28). The first kappa shape index (κ1) is 20.7. The summed E-state index contributed by atoms with van der Waals surface area (Å²) in [6, 6.07) is 14.0. The van der Waals surface area contributed by atoms with E-state index < -0.39 is 0 Å². The smallest absolute Gasteiger partial charge is 0.264 e. The average molecular weight is 421 g/mol. The molecule has 0 spiro atoms. The zero-order chi connectivity index (χ0) is 21.1. The third-order valence-corrected chi connectivity index (χ3v) is 6.96. The topological polar surface area (TPSA) is 49.4 Å². The van der Waals surface area contributed by atoms with E-state index in [0.29, 0.717) is 10.5 Å². The molecule has 1 fully saturated rings. The van der Waals surface area contributed by atoms with Crippen molar-refractivity contribution in [3.05, 3.63) is 64.1 Å². The van der Waals surface area contributed by atoms with Crippen LogP contribution in [0, 0.1) is 6.92 Å². The van der Waals surface area contributed by atoms with Crippen LogP contribution in [0.3, 0.4) is 0 Å². The normalized spacial score (nSPS) is 18.8. The predicted octanol–water partition coefficient (Wildman–Crippen LogP) is 5.56. The second kappa shape index (κ2) is 9.09. The Labute approximate surface area is 182 Å². The fourth-order valence-electron chi connectivity index (χ4n) is 4.04. The van der Waals surface area contributed by atoms with Crippen molar-refractivity contribution in [1.82, 2.24) is 5.32 Å². The molecule has 2 aromatic rings.